The summed E-state index contributed by atoms with van der Waals surface area (Å²) in [6, 6.07) is 27.3. The van der Waals surface area contributed by atoms with Gasteiger partial charge in [0.2, 0.25) is 5.91 Å². The zero-order valence-electron chi connectivity index (χ0n) is 15.4. The fraction of sp³-hybridized carbons (Fsp3) is 0.174. The summed E-state index contributed by atoms with van der Waals surface area (Å²) >= 11 is 0. The van der Waals surface area contributed by atoms with Crippen LogP contribution in [-0.2, 0) is 28.7 Å². The third kappa shape index (κ3) is 5.63. The van der Waals surface area contributed by atoms with E-state index < -0.39 is 10.8 Å². The average Bonchev–Trinajstić information content (AvgIpc) is 2.69. The normalized spacial score (nSPS) is 11.7. The number of aryl methyl sites for hydroxylation is 1. The van der Waals surface area contributed by atoms with Gasteiger partial charge in [-0.1, -0.05) is 78.4 Å². The van der Waals surface area contributed by atoms with Gasteiger partial charge in [-0.15, -0.1) is 0 Å². The van der Waals surface area contributed by atoms with Crippen molar-refractivity contribution < 1.29 is 9.00 Å². The third-order valence-corrected chi connectivity index (χ3v) is 5.63. The highest BCUT2D eigenvalue weighted by Gasteiger charge is 2.18. The van der Waals surface area contributed by atoms with Crippen molar-refractivity contribution in [1.82, 2.24) is 4.90 Å². The van der Waals surface area contributed by atoms with Crippen LogP contribution < -0.4 is 0 Å². The van der Waals surface area contributed by atoms with Crippen molar-refractivity contribution in [2.45, 2.75) is 24.9 Å². The number of hydrogen-bond acceptors (Lipinski definition) is 2. The summed E-state index contributed by atoms with van der Waals surface area (Å²) < 4.78 is 12.6. The maximum Gasteiger partial charge on any atom is 0.236 e. The van der Waals surface area contributed by atoms with E-state index in [1.807, 2.05) is 91.9 Å². The van der Waals surface area contributed by atoms with Gasteiger partial charge >= 0.3 is 0 Å². The first kappa shape index (κ1) is 19.1. The zero-order valence-corrected chi connectivity index (χ0v) is 16.2. The van der Waals surface area contributed by atoms with Crippen LogP contribution >= 0.6 is 0 Å². The molecule has 0 heterocycles. The molecule has 3 aromatic carbocycles. The minimum absolute atomic E-state index is 0.0112. The molecule has 4 heteroatoms. The predicted molar refractivity (Wildman–Crippen MR) is 110 cm³/mol. The first-order valence-corrected chi connectivity index (χ1v) is 10.2. The molecule has 0 N–H and O–H groups in total. The van der Waals surface area contributed by atoms with E-state index in [1.165, 1.54) is 0 Å². The van der Waals surface area contributed by atoms with Crippen LogP contribution in [0.3, 0.4) is 0 Å². The zero-order chi connectivity index (χ0) is 19.1. The molecule has 3 nitrogen and oxygen atoms in total. The Morgan fingerprint density at radius 2 is 1.26 bits per heavy atom. The van der Waals surface area contributed by atoms with Crippen LogP contribution in [0.5, 0.6) is 0 Å². The van der Waals surface area contributed by atoms with Gasteiger partial charge in [0.25, 0.3) is 0 Å². The van der Waals surface area contributed by atoms with Gasteiger partial charge in [0.15, 0.2) is 0 Å². The minimum atomic E-state index is -1.35. The molecule has 3 aromatic rings. The topological polar surface area (TPSA) is 37.4 Å². The van der Waals surface area contributed by atoms with Gasteiger partial charge < -0.3 is 4.90 Å². The maximum absolute atomic E-state index is 12.9. The lowest BCUT2D eigenvalue weighted by molar-refractivity contribution is -0.129. The van der Waals surface area contributed by atoms with E-state index in [0.717, 1.165) is 16.7 Å². The smallest absolute Gasteiger partial charge is 0.236 e. The Kier molecular flexibility index (Phi) is 6.55. The highest BCUT2D eigenvalue weighted by atomic mass is 32.2. The van der Waals surface area contributed by atoms with E-state index in [4.69, 9.17) is 0 Å². The van der Waals surface area contributed by atoms with Crippen molar-refractivity contribution in [2.75, 3.05) is 5.75 Å². The maximum atomic E-state index is 12.9. The van der Waals surface area contributed by atoms with Crippen LogP contribution in [0.25, 0.3) is 0 Å². The van der Waals surface area contributed by atoms with Crippen molar-refractivity contribution in [2.24, 2.45) is 0 Å². The SMILES string of the molecule is Cc1ccc(S(=O)CC(=O)N(Cc2ccccc2)Cc2ccccc2)cc1. The van der Waals surface area contributed by atoms with E-state index >= 15 is 0 Å². The molecule has 0 bridgehead atoms. The van der Waals surface area contributed by atoms with Crippen molar-refractivity contribution in [3.8, 4) is 0 Å². The first-order valence-electron chi connectivity index (χ1n) is 8.92. The molecule has 27 heavy (non-hydrogen) atoms. The Bertz CT molecular complexity index is 851. The first-order chi connectivity index (χ1) is 13.1. The van der Waals surface area contributed by atoms with Gasteiger partial charge in [-0.2, -0.15) is 0 Å². The predicted octanol–water partition coefficient (Wildman–Crippen LogP) is 4.33. The Morgan fingerprint density at radius 3 is 1.74 bits per heavy atom. The summed E-state index contributed by atoms with van der Waals surface area (Å²) in [7, 11) is -1.35. The van der Waals surface area contributed by atoms with Crippen molar-refractivity contribution in [3.63, 3.8) is 0 Å². The molecule has 0 aliphatic carbocycles. The van der Waals surface area contributed by atoms with Gasteiger partial charge in [-0.05, 0) is 30.2 Å². The minimum Gasteiger partial charge on any atom is -0.333 e. The van der Waals surface area contributed by atoms with Gasteiger partial charge in [0.1, 0.15) is 5.75 Å². The number of amides is 1. The van der Waals surface area contributed by atoms with E-state index in [9.17, 15) is 9.00 Å². The Balaban J connectivity index is 1.75. The van der Waals surface area contributed by atoms with Gasteiger partial charge in [-0.3, -0.25) is 9.00 Å². The number of hydrogen-bond donors (Lipinski definition) is 0. The second-order valence-corrected chi connectivity index (χ2v) is 7.98. The van der Waals surface area contributed by atoms with E-state index in [-0.39, 0.29) is 11.7 Å². The summed E-state index contributed by atoms with van der Waals surface area (Å²) in [4.78, 5) is 15.4. The molecule has 0 radical (unpaired) electrons. The molecule has 138 valence electrons. The molecule has 1 unspecified atom stereocenters. The number of rotatable bonds is 7. The molecular formula is C23H23NO2S. The standard InChI is InChI=1S/C23H23NO2S/c1-19-12-14-22(15-13-19)27(26)18-23(25)24(16-20-8-4-2-5-9-20)17-21-10-6-3-7-11-21/h2-15H,16-18H2,1H3. The number of carbonyl (C=O) groups is 1. The van der Waals surface area contributed by atoms with Crippen LogP contribution in [0.4, 0.5) is 0 Å². The number of benzene rings is 3. The lowest BCUT2D eigenvalue weighted by Crippen LogP contribution is -2.33. The number of carbonyl (C=O) groups excluding carboxylic acids is 1. The lowest BCUT2D eigenvalue weighted by atomic mass is 10.1. The monoisotopic (exact) mass is 377 g/mol. The summed E-state index contributed by atoms with van der Waals surface area (Å²) in [6.45, 7) is 2.98. The summed E-state index contributed by atoms with van der Waals surface area (Å²) in [5, 5.41) is 0. The molecule has 0 spiro atoms. The fourth-order valence-electron chi connectivity index (χ4n) is 2.82. The Morgan fingerprint density at radius 1 is 0.778 bits per heavy atom. The van der Waals surface area contributed by atoms with E-state index in [1.54, 1.807) is 4.90 Å². The molecular weight excluding hydrogens is 354 g/mol. The quantitative estimate of drug-likeness (QED) is 0.614. The lowest BCUT2D eigenvalue weighted by Gasteiger charge is -2.23. The molecule has 0 fully saturated rings. The molecule has 1 amide bonds. The van der Waals surface area contributed by atoms with Crippen molar-refractivity contribution in [3.05, 3.63) is 102 Å². The largest absolute Gasteiger partial charge is 0.333 e. The second kappa shape index (κ2) is 9.28. The van der Waals surface area contributed by atoms with Crippen LogP contribution in [0.1, 0.15) is 16.7 Å². The third-order valence-electron chi connectivity index (χ3n) is 4.32. The Labute approximate surface area is 163 Å². The van der Waals surface area contributed by atoms with Gasteiger partial charge in [0.05, 0.1) is 10.8 Å². The molecule has 0 aliphatic rings. The highest BCUT2D eigenvalue weighted by Crippen LogP contribution is 2.13. The second-order valence-electron chi connectivity index (χ2n) is 6.52. The Hall–Kier alpha value is -2.72. The average molecular weight is 378 g/mol. The fourth-order valence-corrected chi connectivity index (χ4v) is 3.83. The van der Waals surface area contributed by atoms with E-state index in [0.29, 0.717) is 18.0 Å². The van der Waals surface area contributed by atoms with Crippen LogP contribution in [0.15, 0.2) is 89.8 Å². The summed E-state index contributed by atoms with van der Waals surface area (Å²) in [5.41, 5.74) is 3.22. The van der Waals surface area contributed by atoms with Crippen molar-refractivity contribution in [1.29, 1.82) is 0 Å². The molecule has 0 saturated heterocycles. The molecule has 0 aliphatic heterocycles. The molecule has 0 saturated carbocycles. The van der Waals surface area contributed by atoms with Crippen LogP contribution in [0.2, 0.25) is 0 Å². The molecule has 0 aromatic heterocycles. The summed E-state index contributed by atoms with van der Waals surface area (Å²) in [5.74, 6) is -0.121. The van der Waals surface area contributed by atoms with Gasteiger partial charge in [0, 0.05) is 18.0 Å². The van der Waals surface area contributed by atoms with Crippen molar-refractivity contribution >= 4 is 16.7 Å². The molecule has 3 rings (SSSR count). The molecule has 1 atom stereocenters. The number of nitrogens with zero attached hydrogens (tertiary/aromatic N) is 1. The highest BCUT2D eigenvalue weighted by molar-refractivity contribution is 7.85. The van der Waals surface area contributed by atoms with E-state index in [2.05, 4.69) is 0 Å². The van der Waals surface area contributed by atoms with Crippen LogP contribution in [-0.4, -0.2) is 20.8 Å². The van der Waals surface area contributed by atoms with Crippen LogP contribution in [0, 0.1) is 6.92 Å². The summed E-state index contributed by atoms with van der Waals surface area (Å²) in [6.07, 6.45) is 0. The van der Waals surface area contributed by atoms with Gasteiger partial charge in [-0.25, -0.2) is 0 Å².